The van der Waals surface area contributed by atoms with Gasteiger partial charge in [-0.05, 0) is 30.5 Å². The summed E-state index contributed by atoms with van der Waals surface area (Å²) < 4.78 is 29.5. The fourth-order valence-corrected chi connectivity index (χ4v) is 4.29. The van der Waals surface area contributed by atoms with Crippen molar-refractivity contribution in [2.24, 2.45) is 7.05 Å². The zero-order valence-electron chi connectivity index (χ0n) is 13.1. The maximum absolute atomic E-state index is 12.8. The van der Waals surface area contributed by atoms with Crippen LogP contribution in [-0.2, 0) is 17.1 Å². The number of thiophene rings is 1. The first-order valence-corrected chi connectivity index (χ1v) is 9.44. The van der Waals surface area contributed by atoms with Crippen LogP contribution >= 0.6 is 11.3 Å². The number of rotatable bonds is 5. The number of nitrogens with zero attached hydrogens (tertiary/aromatic N) is 2. The first-order valence-electron chi connectivity index (χ1n) is 7.08. The van der Waals surface area contributed by atoms with Crippen molar-refractivity contribution in [3.05, 3.63) is 53.5 Å². The first kappa shape index (κ1) is 16.4. The molecule has 124 valence electrons. The molecular weight excluding hydrogens is 346 g/mol. The molecule has 0 spiro atoms. The number of ketones is 1. The Kier molecular flexibility index (Phi) is 4.25. The van der Waals surface area contributed by atoms with E-state index in [-0.39, 0.29) is 10.7 Å². The van der Waals surface area contributed by atoms with E-state index in [2.05, 4.69) is 9.82 Å². The van der Waals surface area contributed by atoms with Gasteiger partial charge in [-0.3, -0.25) is 14.2 Å². The molecule has 24 heavy (non-hydrogen) atoms. The standard InChI is InChI=1S/C16H15N3O3S2/c1-11(20)12-5-3-6-13(9-12)18-24(21,22)15-10-19(2)17-16(15)14-7-4-8-23-14/h3-10,18H,1-2H3. The molecule has 0 saturated carbocycles. The van der Waals surface area contributed by atoms with Crippen molar-refractivity contribution in [2.75, 3.05) is 4.72 Å². The average molecular weight is 361 g/mol. The highest BCUT2D eigenvalue weighted by molar-refractivity contribution is 7.92. The highest BCUT2D eigenvalue weighted by Gasteiger charge is 2.24. The highest BCUT2D eigenvalue weighted by Crippen LogP contribution is 2.30. The molecule has 0 saturated heterocycles. The third kappa shape index (κ3) is 3.24. The summed E-state index contributed by atoms with van der Waals surface area (Å²) in [6.07, 6.45) is 1.46. The fraction of sp³-hybridized carbons (Fsp3) is 0.125. The van der Waals surface area contributed by atoms with Crippen LogP contribution in [0.25, 0.3) is 10.6 Å². The van der Waals surface area contributed by atoms with E-state index in [1.807, 2.05) is 17.5 Å². The Morgan fingerprint density at radius 2 is 2.04 bits per heavy atom. The lowest BCUT2D eigenvalue weighted by Crippen LogP contribution is -2.13. The number of hydrogen-bond acceptors (Lipinski definition) is 5. The van der Waals surface area contributed by atoms with Gasteiger partial charge in [0.1, 0.15) is 10.6 Å². The number of sulfonamides is 1. The minimum absolute atomic E-state index is 0.0979. The third-order valence-corrected chi connectivity index (χ3v) is 5.62. The van der Waals surface area contributed by atoms with E-state index < -0.39 is 10.0 Å². The van der Waals surface area contributed by atoms with Gasteiger partial charge >= 0.3 is 0 Å². The summed E-state index contributed by atoms with van der Waals surface area (Å²) in [5.41, 5.74) is 1.19. The smallest absolute Gasteiger partial charge is 0.265 e. The maximum atomic E-state index is 12.8. The molecule has 0 fully saturated rings. The predicted molar refractivity (Wildman–Crippen MR) is 93.8 cm³/mol. The van der Waals surface area contributed by atoms with Crippen LogP contribution in [0.4, 0.5) is 5.69 Å². The molecule has 2 aromatic heterocycles. The zero-order valence-corrected chi connectivity index (χ0v) is 14.7. The van der Waals surface area contributed by atoms with E-state index in [1.165, 1.54) is 35.2 Å². The Bertz CT molecular complexity index is 990. The molecule has 0 aliphatic rings. The Morgan fingerprint density at radius 1 is 1.25 bits per heavy atom. The van der Waals surface area contributed by atoms with Crippen molar-refractivity contribution < 1.29 is 13.2 Å². The van der Waals surface area contributed by atoms with E-state index in [0.29, 0.717) is 16.9 Å². The summed E-state index contributed by atoms with van der Waals surface area (Å²) in [4.78, 5) is 12.3. The number of aromatic nitrogens is 2. The summed E-state index contributed by atoms with van der Waals surface area (Å²) in [5, 5.41) is 6.13. The number of benzene rings is 1. The molecule has 6 nitrogen and oxygen atoms in total. The monoisotopic (exact) mass is 361 g/mol. The topological polar surface area (TPSA) is 81.1 Å². The molecule has 0 unspecified atom stereocenters. The summed E-state index contributed by atoms with van der Waals surface area (Å²) >= 11 is 1.42. The molecule has 2 heterocycles. The van der Waals surface area contributed by atoms with Crippen molar-refractivity contribution in [1.82, 2.24) is 9.78 Å². The normalized spacial score (nSPS) is 11.4. The van der Waals surface area contributed by atoms with Gasteiger partial charge in [-0.15, -0.1) is 11.3 Å². The summed E-state index contributed by atoms with van der Waals surface area (Å²) in [6, 6.07) is 10.1. The van der Waals surface area contributed by atoms with Crippen LogP contribution in [0.1, 0.15) is 17.3 Å². The molecule has 0 radical (unpaired) electrons. The number of carbonyl (C=O) groups excluding carboxylic acids is 1. The number of carbonyl (C=O) groups is 1. The molecule has 0 bridgehead atoms. The molecule has 1 aromatic carbocycles. The Balaban J connectivity index is 2.00. The van der Waals surface area contributed by atoms with E-state index in [4.69, 9.17) is 0 Å². The lowest BCUT2D eigenvalue weighted by Gasteiger charge is -2.08. The van der Waals surface area contributed by atoms with Crippen LogP contribution in [0.2, 0.25) is 0 Å². The van der Waals surface area contributed by atoms with E-state index in [9.17, 15) is 13.2 Å². The van der Waals surface area contributed by atoms with Crippen molar-refractivity contribution in [1.29, 1.82) is 0 Å². The Labute approximate surface area is 143 Å². The van der Waals surface area contributed by atoms with Gasteiger partial charge in [-0.2, -0.15) is 5.10 Å². The molecule has 0 amide bonds. The zero-order chi connectivity index (χ0) is 17.3. The second kappa shape index (κ2) is 6.21. The second-order valence-corrected chi connectivity index (χ2v) is 7.83. The van der Waals surface area contributed by atoms with Crippen molar-refractivity contribution >= 4 is 32.8 Å². The minimum Gasteiger partial charge on any atom is -0.295 e. The summed E-state index contributed by atoms with van der Waals surface area (Å²) in [5.74, 6) is -0.128. The fourth-order valence-electron chi connectivity index (χ4n) is 2.26. The van der Waals surface area contributed by atoms with Crippen molar-refractivity contribution in [2.45, 2.75) is 11.8 Å². The first-order chi connectivity index (χ1) is 11.4. The lowest BCUT2D eigenvalue weighted by molar-refractivity contribution is 0.101. The van der Waals surface area contributed by atoms with Gasteiger partial charge < -0.3 is 0 Å². The van der Waals surface area contributed by atoms with Crippen LogP contribution < -0.4 is 4.72 Å². The largest absolute Gasteiger partial charge is 0.295 e. The third-order valence-electron chi connectivity index (χ3n) is 3.36. The quantitative estimate of drug-likeness (QED) is 0.708. The van der Waals surface area contributed by atoms with Gasteiger partial charge in [0.15, 0.2) is 5.78 Å². The Morgan fingerprint density at radius 3 is 2.71 bits per heavy atom. The highest BCUT2D eigenvalue weighted by atomic mass is 32.2. The van der Waals surface area contributed by atoms with Gasteiger partial charge in [-0.25, -0.2) is 8.42 Å². The van der Waals surface area contributed by atoms with Gasteiger partial charge in [-0.1, -0.05) is 18.2 Å². The molecule has 0 atom stereocenters. The average Bonchev–Trinajstić information content (AvgIpc) is 3.16. The minimum atomic E-state index is -3.83. The molecule has 3 aromatic rings. The van der Waals surface area contributed by atoms with Crippen LogP contribution in [0.5, 0.6) is 0 Å². The number of aryl methyl sites for hydroxylation is 1. The number of Topliss-reactive ketones (excluding diaryl/α,β-unsaturated/α-hetero) is 1. The van der Waals surface area contributed by atoms with Crippen LogP contribution in [-0.4, -0.2) is 24.0 Å². The van der Waals surface area contributed by atoms with Crippen LogP contribution in [0.3, 0.4) is 0 Å². The van der Waals surface area contributed by atoms with E-state index >= 15 is 0 Å². The van der Waals surface area contributed by atoms with Crippen LogP contribution in [0.15, 0.2) is 52.9 Å². The van der Waals surface area contributed by atoms with Gasteiger partial charge in [0.05, 0.1) is 4.88 Å². The van der Waals surface area contributed by atoms with Gasteiger partial charge in [0, 0.05) is 24.5 Å². The number of hydrogen-bond donors (Lipinski definition) is 1. The molecule has 8 heteroatoms. The maximum Gasteiger partial charge on any atom is 0.265 e. The molecule has 0 aliphatic heterocycles. The predicted octanol–water partition coefficient (Wildman–Crippen LogP) is 3.15. The lowest BCUT2D eigenvalue weighted by atomic mass is 10.1. The van der Waals surface area contributed by atoms with Gasteiger partial charge in [0.25, 0.3) is 10.0 Å². The van der Waals surface area contributed by atoms with Gasteiger partial charge in [0.2, 0.25) is 0 Å². The SMILES string of the molecule is CC(=O)c1cccc(NS(=O)(=O)c2cn(C)nc2-c2cccs2)c1. The second-order valence-electron chi connectivity index (χ2n) is 5.24. The molecule has 3 rings (SSSR count). The van der Waals surface area contributed by atoms with Crippen LogP contribution in [0, 0.1) is 0 Å². The summed E-state index contributed by atoms with van der Waals surface area (Å²) in [7, 11) is -2.16. The van der Waals surface area contributed by atoms with Crippen molar-refractivity contribution in [3.8, 4) is 10.6 Å². The summed E-state index contributed by atoms with van der Waals surface area (Å²) in [6.45, 7) is 1.43. The van der Waals surface area contributed by atoms with E-state index in [0.717, 1.165) is 4.88 Å². The molecule has 0 aliphatic carbocycles. The molecular formula is C16H15N3O3S2. The number of nitrogens with one attached hydrogen (secondary N) is 1. The Hall–Kier alpha value is -2.45. The van der Waals surface area contributed by atoms with E-state index in [1.54, 1.807) is 25.2 Å². The molecule has 1 N–H and O–H groups in total. The van der Waals surface area contributed by atoms with Crippen molar-refractivity contribution in [3.63, 3.8) is 0 Å². The number of anilines is 1.